The summed E-state index contributed by atoms with van der Waals surface area (Å²) >= 11 is 6.55. The maximum atomic E-state index is 6.55. The second kappa shape index (κ2) is 8.52. The minimum absolute atomic E-state index is 0.0825. The standard InChI is InChI=1S/C22H28ClN5/c1-17(2)16-26-11-10-24-15-21(26)20-14-18(8-9-25-20)22-27(12-13-28(22)23)19-6-4-3-5-7-19/h3-9,12-14,17,21-22,24H,10-11,15-16H2,1-2H3. The number of piperazine rings is 1. The quantitative estimate of drug-likeness (QED) is 0.767. The molecule has 4 rings (SSSR count). The highest BCUT2D eigenvalue weighted by molar-refractivity contribution is 6.14. The number of nitrogens with zero attached hydrogens (tertiary/aromatic N) is 4. The van der Waals surface area contributed by atoms with Crippen LogP contribution in [0.1, 0.15) is 37.3 Å². The molecule has 0 spiro atoms. The van der Waals surface area contributed by atoms with Crippen LogP contribution in [-0.2, 0) is 0 Å². The van der Waals surface area contributed by atoms with Gasteiger partial charge in [0.05, 0.1) is 11.7 Å². The fourth-order valence-corrected chi connectivity index (χ4v) is 4.34. The molecule has 28 heavy (non-hydrogen) atoms. The Labute approximate surface area is 172 Å². The van der Waals surface area contributed by atoms with E-state index in [9.17, 15) is 0 Å². The summed E-state index contributed by atoms with van der Waals surface area (Å²) in [5, 5.41) is 3.53. The minimum atomic E-state index is -0.0825. The molecule has 1 aromatic heterocycles. The van der Waals surface area contributed by atoms with Crippen molar-refractivity contribution in [3.63, 3.8) is 0 Å². The Balaban J connectivity index is 1.62. The van der Waals surface area contributed by atoms with Crippen LogP contribution in [-0.4, -0.2) is 40.5 Å². The number of rotatable bonds is 5. The highest BCUT2D eigenvalue weighted by atomic mass is 35.5. The minimum Gasteiger partial charge on any atom is -0.320 e. The van der Waals surface area contributed by atoms with Crippen molar-refractivity contribution in [2.24, 2.45) is 5.92 Å². The molecular formula is C22H28ClN5. The fourth-order valence-electron chi connectivity index (χ4n) is 4.08. The predicted octanol–water partition coefficient (Wildman–Crippen LogP) is 4.13. The lowest BCUT2D eigenvalue weighted by Gasteiger charge is -2.37. The Morgan fingerprint density at radius 2 is 2.00 bits per heavy atom. The van der Waals surface area contributed by atoms with Gasteiger partial charge in [-0.2, -0.15) is 0 Å². The van der Waals surface area contributed by atoms with Gasteiger partial charge in [-0.3, -0.25) is 14.3 Å². The van der Waals surface area contributed by atoms with E-state index in [2.05, 4.69) is 53.2 Å². The van der Waals surface area contributed by atoms with Gasteiger partial charge in [-0.25, -0.2) is 0 Å². The molecule has 1 aromatic carbocycles. The molecule has 3 heterocycles. The zero-order chi connectivity index (χ0) is 19.5. The molecular weight excluding hydrogens is 370 g/mol. The summed E-state index contributed by atoms with van der Waals surface area (Å²) in [6, 6.07) is 14.9. The van der Waals surface area contributed by atoms with E-state index in [0.29, 0.717) is 12.0 Å². The first-order valence-corrected chi connectivity index (χ1v) is 10.3. The van der Waals surface area contributed by atoms with Crippen molar-refractivity contribution in [3.8, 4) is 0 Å². The molecule has 0 amide bonds. The zero-order valence-corrected chi connectivity index (χ0v) is 17.3. The maximum Gasteiger partial charge on any atom is 0.146 e. The first kappa shape index (κ1) is 19.2. The van der Waals surface area contributed by atoms with Crippen molar-refractivity contribution in [2.75, 3.05) is 31.1 Å². The molecule has 1 N–H and O–H groups in total. The highest BCUT2D eigenvalue weighted by Gasteiger charge is 2.30. The third-order valence-corrected chi connectivity index (χ3v) is 5.62. The number of anilines is 1. The van der Waals surface area contributed by atoms with E-state index in [1.54, 1.807) is 4.42 Å². The van der Waals surface area contributed by atoms with Gasteiger partial charge in [0, 0.05) is 62.2 Å². The van der Waals surface area contributed by atoms with Crippen molar-refractivity contribution >= 4 is 17.5 Å². The lowest BCUT2D eigenvalue weighted by atomic mass is 10.0. The number of benzene rings is 1. The van der Waals surface area contributed by atoms with Gasteiger partial charge in [-0.1, -0.05) is 32.0 Å². The van der Waals surface area contributed by atoms with Crippen LogP contribution in [0.15, 0.2) is 61.1 Å². The van der Waals surface area contributed by atoms with E-state index in [1.165, 1.54) is 0 Å². The van der Waals surface area contributed by atoms with Crippen LogP contribution in [0.2, 0.25) is 0 Å². The predicted molar refractivity (Wildman–Crippen MR) is 115 cm³/mol. The SMILES string of the molecule is CC(C)CN1CCNCC1c1cc(C2N(Cl)C=CN2c2ccccc2)ccn1. The molecule has 6 heteroatoms. The number of halogens is 1. The molecule has 0 aliphatic carbocycles. The molecule has 2 unspecified atom stereocenters. The first-order valence-electron chi connectivity index (χ1n) is 10.00. The monoisotopic (exact) mass is 397 g/mol. The Hall–Kier alpha value is -2.08. The third kappa shape index (κ3) is 4.02. The van der Waals surface area contributed by atoms with Gasteiger partial charge in [-0.15, -0.1) is 0 Å². The number of hydrogen-bond acceptors (Lipinski definition) is 5. The summed E-state index contributed by atoms with van der Waals surface area (Å²) in [5.74, 6) is 0.634. The lowest BCUT2D eigenvalue weighted by Crippen LogP contribution is -2.47. The van der Waals surface area contributed by atoms with E-state index < -0.39 is 0 Å². The summed E-state index contributed by atoms with van der Waals surface area (Å²) in [6.45, 7) is 8.65. The van der Waals surface area contributed by atoms with Gasteiger partial charge in [0.2, 0.25) is 0 Å². The second-order valence-corrected chi connectivity index (χ2v) is 8.27. The summed E-state index contributed by atoms with van der Waals surface area (Å²) in [7, 11) is 0. The molecule has 0 saturated carbocycles. The van der Waals surface area contributed by atoms with Gasteiger partial charge < -0.3 is 10.2 Å². The van der Waals surface area contributed by atoms with Crippen LogP contribution in [0.5, 0.6) is 0 Å². The molecule has 148 valence electrons. The third-order valence-electron chi connectivity index (χ3n) is 5.32. The van der Waals surface area contributed by atoms with Gasteiger partial charge in [0.15, 0.2) is 0 Å². The van der Waals surface area contributed by atoms with Crippen LogP contribution in [0.3, 0.4) is 0 Å². The van der Waals surface area contributed by atoms with Crippen molar-refractivity contribution in [1.29, 1.82) is 0 Å². The molecule has 2 aliphatic heterocycles. The van der Waals surface area contributed by atoms with E-state index in [4.69, 9.17) is 16.8 Å². The smallest absolute Gasteiger partial charge is 0.146 e. The zero-order valence-electron chi connectivity index (χ0n) is 16.5. The van der Waals surface area contributed by atoms with Crippen LogP contribution in [0, 0.1) is 5.92 Å². The molecule has 1 fully saturated rings. The first-order chi connectivity index (χ1) is 13.6. The Kier molecular flexibility index (Phi) is 5.85. The largest absolute Gasteiger partial charge is 0.320 e. The van der Waals surface area contributed by atoms with Gasteiger partial charge >= 0.3 is 0 Å². The van der Waals surface area contributed by atoms with Crippen LogP contribution >= 0.6 is 11.8 Å². The van der Waals surface area contributed by atoms with Crippen molar-refractivity contribution in [2.45, 2.75) is 26.1 Å². The summed E-state index contributed by atoms with van der Waals surface area (Å²) in [5.41, 5.74) is 3.37. The topological polar surface area (TPSA) is 34.6 Å². The molecule has 5 nitrogen and oxygen atoms in total. The second-order valence-electron chi connectivity index (χ2n) is 7.88. The number of pyridine rings is 1. The van der Waals surface area contributed by atoms with Crippen LogP contribution in [0.4, 0.5) is 5.69 Å². The highest BCUT2D eigenvalue weighted by Crippen LogP contribution is 2.37. The van der Waals surface area contributed by atoms with Crippen molar-refractivity contribution < 1.29 is 0 Å². The van der Waals surface area contributed by atoms with E-state index in [0.717, 1.165) is 43.1 Å². The molecule has 0 bridgehead atoms. The molecule has 2 aliphatic rings. The van der Waals surface area contributed by atoms with E-state index in [1.807, 2.05) is 36.8 Å². The van der Waals surface area contributed by atoms with Crippen LogP contribution in [0.25, 0.3) is 0 Å². The number of hydrogen-bond donors (Lipinski definition) is 1. The van der Waals surface area contributed by atoms with E-state index >= 15 is 0 Å². The number of para-hydroxylation sites is 1. The summed E-state index contributed by atoms with van der Waals surface area (Å²) < 4.78 is 1.73. The Morgan fingerprint density at radius 1 is 1.18 bits per heavy atom. The van der Waals surface area contributed by atoms with Crippen molar-refractivity contribution in [1.82, 2.24) is 19.6 Å². The van der Waals surface area contributed by atoms with Crippen molar-refractivity contribution in [3.05, 3.63) is 72.3 Å². The maximum absolute atomic E-state index is 6.55. The summed E-state index contributed by atoms with van der Waals surface area (Å²) in [4.78, 5) is 9.47. The Morgan fingerprint density at radius 3 is 2.79 bits per heavy atom. The average Bonchev–Trinajstić information content (AvgIpc) is 3.10. The number of nitrogens with one attached hydrogen (secondary N) is 1. The molecule has 0 radical (unpaired) electrons. The van der Waals surface area contributed by atoms with Gasteiger partial charge in [0.1, 0.15) is 6.17 Å². The fraction of sp³-hybridized carbons (Fsp3) is 0.409. The van der Waals surface area contributed by atoms with E-state index in [-0.39, 0.29) is 6.17 Å². The van der Waals surface area contributed by atoms with Gasteiger partial charge in [0.25, 0.3) is 0 Å². The Bertz CT molecular complexity index is 810. The average molecular weight is 398 g/mol. The lowest BCUT2D eigenvalue weighted by molar-refractivity contribution is 0.141. The normalized spacial score (nSPS) is 23.0. The van der Waals surface area contributed by atoms with Gasteiger partial charge in [-0.05, 0) is 35.7 Å². The molecule has 1 saturated heterocycles. The summed E-state index contributed by atoms with van der Waals surface area (Å²) in [6.07, 6.45) is 5.77. The number of aromatic nitrogens is 1. The molecule has 2 atom stereocenters. The molecule has 2 aromatic rings. The van der Waals surface area contributed by atoms with Crippen LogP contribution < -0.4 is 10.2 Å².